The van der Waals surface area contributed by atoms with Crippen molar-refractivity contribution in [3.8, 4) is 6.01 Å². The predicted molar refractivity (Wildman–Crippen MR) is 48.6 cm³/mol. The van der Waals surface area contributed by atoms with Crippen LogP contribution < -0.4 is 10.1 Å². The van der Waals surface area contributed by atoms with Gasteiger partial charge in [-0.05, 0) is 6.92 Å². The molecule has 2 N–H and O–H groups in total. The Morgan fingerprint density at radius 2 is 2.24 bits per heavy atom. The van der Waals surface area contributed by atoms with Gasteiger partial charge in [-0.2, -0.15) is 18.2 Å². The summed E-state index contributed by atoms with van der Waals surface area (Å²) in [7, 11) is 0. The zero-order valence-electron chi connectivity index (χ0n) is 8.67. The normalized spacial score (nSPS) is 11.1. The van der Waals surface area contributed by atoms with E-state index in [1.54, 1.807) is 6.92 Å². The van der Waals surface area contributed by atoms with Gasteiger partial charge in [0.05, 0.1) is 6.61 Å². The Bertz CT molecular complexity index is 379. The molecule has 0 saturated heterocycles. The van der Waals surface area contributed by atoms with Crippen LogP contribution >= 0.6 is 0 Å². The second-order valence-electron chi connectivity index (χ2n) is 2.72. The molecule has 1 rings (SSSR count). The number of halogens is 3. The number of carbonyl (C=O) groups excluding carboxylic acids is 1. The summed E-state index contributed by atoms with van der Waals surface area (Å²) in [5, 5.41) is 7.68. The van der Waals surface area contributed by atoms with E-state index in [0.717, 1.165) is 0 Å². The molecule has 0 aliphatic heterocycles. The summed E-state index contributed by atoms with van der Waals surface area (Å²) in [5.41, 5.74) is 0. The predicted octanol–water partition coefficient (Wildman–Crippen LogP) is 1.31. The molecule has 0 saturated carbocycles. The number of anilines is 1. The molecule has 0 atom stereocenters. The smallest absolute Gasteiger partial charge is 0.422 e. The SMILES string of the molecule is CCOc1n[nH]c(NC(=O)OCC(F)(F)F)n1. The first-order chi connectivity index (χ1) is 7.90. The van der Waals surface area contributed by atoms with Crippen molar-refractivity contribution < 1.29 is 27.4 Å². The van der Waals surface area contributed by atoms with Gasteiger partial charge in [0.25, 0.3) is 0 Å². The van der Waals surface area contributed by atoms with Crippen molar-refractivity contribution in [3.63, 3.8) is 0 Å². The number of ether oxygens (including phenoxy) is 2. The second-order valence-corrected chi connectivity index (χ2v) is 2.72. The molecule has 0 aliphatic rings. The van der Waals surface area contributed by atoms with E-state index in [0.29, 0.717) is 6.61 Å². The van der Waals surface area contributed by atoms with Gasteiger partial charge in [0.15, 0.2) is 6.61 Å². The van der Waals surface area contributed by atoms with E-state index in [1.165, 1.54) is 0 Å². The zero-order valence-corrected chi connectivity index (χ0v) is 8.67. The number of hydrogen-bond acceptors (Lipinski definition) is 5. The van der Waals surface area contributed by atoms with E-state index in [9.17, 15) is 18.0 Å². The van der Waals surface area contributed by atoms with E-state index >= 15 is 0 Å². The van der Waals surface area contributed by atoms with Gasteiger partial charge in [-0.15, -0.1) is 5.10 Å². The minimum atomic E-state index is -4.57. The van der Waals surface area contributed by atoms with E-state index < -0.39 is 18.9 Å². The average molecular weight is 254 g/mol. The lowest BCUT2D eigenvalue weighted by Gasteiger charge is -2.06. The second kappa shape index (κ2) is 5.37. The summed E-state index contributed by atoms with van der Waals surface area (Å²) in [6.07, 6.45) is -5.86. The number of hydrogen-bond donors (Lipinski definition) is 2. The summed E-state index contributed by atoms with van der Waals surface area (Å²) >= 11 is 0. The Balaban J connectivity index is 2.39. The first-order valence-electron chi connectivity index (χ1n) is 4.46. The van der Waals surface area contributed by atoms with E-state index in [2.05, 4.69) is 19.9 Å². The Kier molecular flexibility index (Phi) is 4.12. The van der Waals surface area contributed by atoms with E-state index in [4.69, 9.17) is 4.74 Å². The van der Waals surface area contributed by atoms with Crippen molar-refractivity contribution in [2.75, 3.05) is 18.5 Å². The Hall–Kier alpha value is -2.00. The van der Waals surface area contributed by atoms with Gasteiger partial charge in [-0.1, -0.05) is 0 Å². The topological polar surface area (TPSA) is 89.1 Å². The van der Waals surface area contributed by atoms with Gasteiger partial charge in [-0.3, -0.25) is 5.32 Å². The van der Waals surface area contributed by atoms with Gasteiger partial charge in [0, 0.05) is 0 Å². The van der Waals surface area contributed by atoms with Crippen molar-refractivity contribution in [1.29, 1.82) is 0 Å². The van der Waals surface area contributed by atoms with Crippen LogP contribution in [0, 0.1) is 0 Å². The third-order valence-electron chi connectivity index (χ3n) is 1.33. The standard InChI is InChI=1S/C7H9F3N4O3/c1-2-16-5-11-4(13-14-5)12-6(15)17-3-7(8,9)10/h2-3H2,1H3,(H2,11,12,13,14,15). The molecule has 1 amide bonds. The molecular formula is C7H9F3N4O3. The highest BCUT2D eigenvalue weighted by atomic mass is 19.4. The van der Waals surface area contributed by atoms with Crippen LogP contribution in [0.15, 0.2) is 0 Å². The summed E-state index contributed by atoms with van der Waals surface area (Å²) < 4.78 is 43.8. The molecule has 10 heteroatoms. The van der Waals surface area contributed by atoms with Crippen LogP contribution in [0.3, 0.4) is 0 Å². The van der Waals surface area contributed by atoms with E-state index in [-0.39, 0.29) is 12.0 Å². The molecule has 0 spiro atoms. The maximum atomic E-state index is 11.7. The maximum Gasteiger partial charge on any atom is 0.422 e. The maximum absolute atomic E-state index is 11.7. The van der Waals surface area contributed by atoms with Crippen LogP contribution in [0.1, 0.15) is 6.92 Å². The Morgan fingerprint density at radius 1 is 1.53 bits per heavy atom. The third-order valence-corrected chi connectivity index (χ3v) is 1.33. The Morgan fingerprint density at radius 3 is 2.82 bits per heavy atom. The number of amides is 1. The lowest BCUT2D eigenvalue weighted by molar-refractivity contribution is -0.159. The van der Waals surface area contributed by atoms with E-state index in [1.807, 2.05) is 5.32 Å². The highest BCUT2D eigenvalue weighted by Crippen LogP contribution is 2.14. The first kappa shape index (κ1) is 13.1. The van der Waals surface area contributed by atoms with Crippen molar-refractivity contribution in [2.45, 2.75) is 13.1 Å². The van der Waals surface area contributed by atoms with Gasteiger partial charge in [0.2, 0.25) is 5.95 Å². The van der Waals surface area contributed by atoms with Gasteiger partial charge in [0.1, 0.15) is 0 Å². The molecule has 0 aliphatic carbocycles. The summed E-state index contributed by atoms with van der Waals surface area (Å²) in [5.74, 6) is -0.166. The highest BCUT2D eigenvalue weighted by Gasteiger charge is 2.29. The molecule has 0 radical (unpaired) electrons. The summed E-state index contributed by atoms with van der Waals surface area (Å²) in [4.78, 5) is 14.5. The number of aromatic amines is 1. The van der Waals surface area contributed by atoms with Crippen LogP contribution in [-0.2, 0) is 4.74 Å². The fourth-order valence-electron chi connectivity index (χ4n) is 0.776. The average Bonchev–Trinajstić information content (AvgIpc) is 2.62. The molecule has 0 fully saturated rings. The largest absolute Gasteiger partial charge is 0.463 e. The molecule has 0 aromatic carbocycles. The lowest BCUT2D eigenvalue weighted by atomic mass is 10.7. The van der Waals surface area contributed by atoms with Gasteiger partial charge < -0.3 is 9.47 Å². The fraction of sp³-hybridized carbons (Fsp3) is 0.571. The molecule has 1 aromatic heterocycles. The lowest BCUT2D eigenvalue weighted by Crippen LogP contribution is -2.23. The minimum Gasteiger partial charge on any atom is -0.463 e. The molecule has 0 bridgehead atoms. The van der Waals surface area contributed by atoms with Crippen LogP contribution in [0.25, 0.3) is 0 Å². The first-order valence-corrected chi connectivity index (χ1v) is 4.46. The molecule has 7 nitrogen and oxygen atoms in total. The highest BCUT2D eigenvalue weighted by molar-refractivity contribution is 5.82. The fourth-order valence-corrected chi connectivity index (χ4v) is 0.776. The number of carbonyl (C=O) groups is 1. The van der Waals surface area contributed by atoms with Crippen molar-refractivity contribution in [3.05, 3.63) is 0 Å². The van der Waals surface area contributed by atoms with Crippen LogP contribution in [-0.4, -0.2) is 40.7 Å². The molecule has 1 heterocycles. The minimum absolute atomic E-state index is 0.0291. The molecule has 17 heavy (non-hydrogen) atoms. The number of nitrogens with one attached hydrogen (secondary N) is 2. The quantitative estimate of drug-likeness (QED) is 0.845. The zero-order chi connectivity index (χ0) is 12.9. The number of H-pyrrole nitrogens is 1. The summed E-state index contributed by atoms with van der Waals surface area (Å²) in [6, 6.07) is -0.0291. The number of alkyl halides is 3. The van der Waals surface area contributed by atoms with Crippen molar-refractivity contribution in [1.82, 2.24) is 15.2 Å². The Labute approximate surface area is 93.3 Å². The molecular weight excluding hydrogens is 245 g/mol. The summed E-state index contributed by atoms with van der Waals surface area (Å²) in [6.45, 7) is 0.335. The van der Waals surface area contributed by atoms with Crippen molar-refractivity contribution in [2.24, 2.45) is 0 Å². The third kappa shape index (κ3) is 5.04. The molecule has 1 aromatic rings. The van der Waals surface area contributed by atoms with Crippen LogP contribution in [0.2, 0.25) is 0 Å². The molecule has 0 unspecified atom stereocenters. The number of aromatic nitrogens is 3. The van der Waals surface area contributed by atoms with Crippen molar-refractivity contribution >= 4 is 12.0 Å². The number of nitrogens with zero attached hydrogens (tertiary/aromatic N) is 2. The van der Waals surface area contributed by atoms with Gasteiger partial charge in [-0.25, -0.2) is 9.89 Å². The van der Waals surface area contributed by atoms with Crippen LogP contribution in [0.4, 0.5) is 23.9 Å². The monoisotopic (exact) mass is 254 g/mol. The molecule has 96 valence electrons. The van der Waals surface area contributed by atoms with Crippen LogP contribution in [0.5, 0.6) is 6.01 Å². The number of rotatable bonds is 4. The van der Waals surface area contributed by atoms with Gasteiger partial charge >= 0.3 is 18.3 Å².